The standard InChI is InChI=1S/C14H10F6N2/c15-13(16,17)9-4-2-1-3-8(9)7-5-10(14(18,19)20)12(22)11(21)6-7/h1-6H,21-22H2. The molecule has 0 heterocycles. The van der Waals surface area contributed by atoms with Crippen molar-refractivity contribution in [1.29, 1.82) is 0 Å². The van der Waals surface area contributed by atoms with E-state index in [0.717, 1.165) is 24.3 Å². The summed E-state index contributed by atoms with van der Waals surface area (Å²) in [5.74, 6) is 0. The monoisotopic (exact) mass is 320 g/mol. The van der Waals surface area contributed by atoms with Gasteiger partial charge in [-0.1, -0.05) is 18.2 Å². The third-order valence-electron chi connectivity index (χ3n) is 3.06. The van der Waals surface area contributed by atoms with E-state index in [1.54, 1.807) is 0 Å². The quantitative estimate of drug-likeness (QED) is 0.598. The maximum absolute atomic E-state index is 13.0. The Bertz CT molecular complexity index is 703. The predicted molar refractivity (Wildman–Crippen MR) is 70.7 cm³/mol. The van der Waals surface area contributed by atoms with Crippen molar-refractivity contribution in [3.63, 3.8) is 0 Å². The summed E-state index contributed by atoms with van der Waals surface area (Å²) >= 11 is 0. The van der Waals surface area contributed by atoms with Crippen LogP contribution in [0.2, 0.25) is 0 Å². The van der Waals surface area contributed by atoms with E-state index < -0.39 is 40.4 Å². The molecular weight excluding hydrogens is 310 g/mol. The molecule has 0 fully saturated rings. The van der Waals surface area contributed by atoms with Gasteiger partial charge in [-0.05, 0) is 29.3 Å². The topological polar surface area (TPSA) is 52.0 Å². The highest BCUT2D eigenvalue weighted by molar-refractivity contribution is 5.79. The van der Waals surface area contributed by atoms with Crippen molar-refractivity contribution < 1.29 is 26.3 Å². The summed E-state index contributed by atoms with van der Waals surface area (Å²) in [5.41, 5.74) is 6.54. The summed E-state index contributed by atoms with van der Waals surface area (Å²) < 4.78 is 77.6. The van der Waals surface area contributed by atoms with E-state index in [0.29, 0.717) is 6.07 Å². The first kappa shape index (κ1) is 16.0. The summed E-state index contributed by atoms with van der Waals surface area (Å²) in [6.07, 6.45) is -9.52. The zero-order valence-corrected chi connectivity index (χ0v) is 10.9. The fourth-order valence-corrected chi connectivity index (χ4v) is 2.05. The maximum atomic E-state index is 13.0. The van der Waals surface area contributed by atoms with Gasteiger partial charge in [-0.15, -0.1) is 0 Å². The molecule has 0 aliphatic carbocycles. The molecule has 0 spiro atoms. The van der Waals surface area contributed by atoms with E-state index in [4.69, 9.17) is 11.5 Å². The highest BCUT2D eigenvalue weighted by Crippen LogP contribution is 2.42. The van der Waals surface area contributed by atoms with Crippen LogP contribution in [0.15, 0.2) is 36.4 Å². The van der Waals surface area contributed by atoms with Crippen molar-refractivity contribution >= 4 is 11.4 Å². The lowest BCUT2D eigenvalue weighted by Crippen LogP contribution is -2.12. The lowest BCUT2D eigenvalue weighted by Gasteiger charge is -2.17. The van der Waals surface area contributed by atoms with Gasteiger partial charge in [0.1, 0.15) is 0 Å². The van der Waals surface area contributed by atoms with Gasteiger partial charge in [-0.25, -0.2) is 0 Å². The average Bonchev–Trinajstić information content (AvgIpc) is 2.39. The molecule has 0 aliphatic heterocycles. The molecule has 22 heavy (non-hydrogen) atoms. The molecule has 0 radical (unpaired) electrons. The zero-order valence-electron chi connectivity index (χ0n) is 10.9. The number of hydrogen-bond donors (Lipinski definition) is 2. The average molecular weight is 320 g/mol. The van der Waals surface area contributed by atoms with Crippen LogP contribution in [0, 0.1) is 0 Å². The van der Waals surface area contributed by atoms with Gasteiger partial charge in [-0.3, -0.25) is 0 Å². The molecule has 0 saturated heterocycles. The molecule has 0 unspecified atom stereocenters. The van der Waals surface area contributed by atoms with Crippen molar-refractivity contribution in [3.8, 4) is 11.1 Å². The highest BCUT2D eigenvalue weighted by atomic mass is 19.4. The number of rotatable bonds is 1. The van der Waals surface area contributed by atoms with Gasteiger partial charge in [0.05, 0.1) is 22.5 Å². The maximum Gasteiger partial charge on any atom is 0.418 e. The lowest BCUT2D eigenvalue weighted by atomic mass is 9.96. The van der Waals surface area contributed by atoms with Crippen LogP contribution in [0.25, 0.3) is 11.1 Å². The number of halogens is 6. The first-order valence-corrected chi connectivity index (χ1v) is 5.94. The summed E-state index contributed by atoms with van der Waals surface area (Å²) in [4.78, 5) is 0. The second-order valence-electron chi connectivity index (χ2n) is 4.57. The molecule has 2 aromatic carbocycles. The van der Waals surface area contributed by atoms with Crippen molar-refractivity contribution in [2.75, 3.05) is 11.5 Å². The Kier molecular flexibility index (Phi) is 3.72. The second kappa shape index (κ2) is 5.11. The minimum atomic E-state index is -4.82. The summed E-state index contributed by atoms with van der Waals surface area (Å²) in [6.45, 7) is 0. The van der Waals surface area contributed by atoms with E-state index in [2.05, 4.69) is 0 Å². The molecular formula is C14H10F6N2. The Morgan fingerprint density at radius 2 is 1.27 bits per heavy atom. The fourth-order valence-electron chi connectivity index (χ4n) is 2.05. The van der Waals surface area contributed by atoms with E-state index in [9.17, 15) is 26.3 Å². The third kappa shape index (κ3) is 2.95. The Morgan fingerprint density at radius 1 is 0.727 bits per heavy atom. The first-order chi connectivity index (χ1) is 10.0. The Labute approximate surface area is 121 Å². The molecule has 0 atom stereocenters. The van der Waals surface area contributed by atoms with Gasteiger partial charge < -0.3 is 11.5 Å². The van der Waals surface area contributed by atoms with Gasteiger partial charge in [0.2, 0.25) is 0 Å². The van der Waals surface area contributed by atoms with Crippen molar-refractivity contribution in [2.24, 2.45) is 0 Å². The van der Waals surface area contributed by atoms with Gasteiger partial charge in [0, 0.05) is 0 Å². The van der Waals surface area contributed by atoms with Gasteiger partial charge in [0.15, 0.2) is 0 Å². The second-order valence-corrected chi connectivity index (χ2v) is 4.57. The first-order valence-electron chi connectivity index (χ1n) is 5.94. The fraction of sp³-hybridized carbons (Fsp3) is 0.143. The van der Waals surface area contributed by atoms with Gasteiger partial charge in [0.25, 0.3) is 0 Å². The SMILES string of the molecule is Nc1cc(-c2ccccc2C(F)(F)F)cc(C(F)(F)F)c1N. The Hall–Kier alpha value is -2.38. The summed E-state index contributed by atoms with van der Waals surface area (Å²) in [5, 5.41) is 0. The number of hydrogen-bond acceptors (Lipinski definition) is 2. The van der Waals surface area contributed by atoms with Crippen LogP contribution in [0.5, 0.6) is 0 Å². The molecule has 0 aliphatic rings. The molecule has 2 aromatic rings. The molecule has 8 heteroatoms. The van der Waals surface area contributed by atoms with Crippen LogP contribution in [0.3, 0.4) is 0 Å². The van der Waals surface area contributed by atoms with Crippen LogP contribution < -0.4 is 11.5 Å². The van der Waals surface area contributed by atoms with E-state index >= 15 is 0 Å². The zero-order chi connectivity index (χ0) is 16.7. The number of alkyl halides is 6. The minimum absolute atomic E-state index is 0.299. The van der Waals surface area contributed by atoms with Crippen molar-refractivity contribution in [2.45, 2.75) is 12.4 Å². The third-order valence-corrected chi connectivity index (χ3v) is 3.06. The van der Waals surface area contributed by atoms with E-state index in [1.165, 1.54) is 6.07 Å². The summed E-state index contributed by atoms with van der Waals surface area (Å²) in [6, 6.07) is 5.87. The molecule has 0 amide bonds. The van der Waals surface area contributed by atoms with E-state index in [1.807, 2.05) is 0 Å². The molecule has 4 N–H and O–H groups in total. The van der Waals surface area contributed by atoms with Crippen LogP contribution in [-0.2, 0) is 12.4 Å². The molecule has 2 nitrogen and oxygen atoms in total. The Balaban J connectivity index is 2.73. The van der Waals surface area contributed by atoms with E-state index in [-0.39, 0.29) is 5.56 Å². The number of nitrogens with two attached hydrogens (primary N) is 2. The van der Waals surface area contributed by atoms with Gasteiger partial charge >= 0.3 is 12.4 Å². The molecule has 0 bridgehead atoms. The number of benzene rings is 2. The normalized spacial score (nSPS) is 12.5. The van der Waals surface area contributed by atoms with Crippen LogP contribution in [0.4, 0.5) is 37.7 Å². The molecule has 0 saturated carbocycles. The number of anilines is 2. The van der Waals surface area contributed by atoms with Crippen LogP contribution in [-0.4, -0.2) is 0 Å². The smallest absolute Gasteiger partial charge is 0.397 e. The number of nitrogen functional groups attached to an aromatic ring is 2. The van der Waals surface area contributed by atoms with Crippen molar-refractivity contribution in [3.05, 3.63) is 47.5 Å². The molecule has 118 valence electrons. The molecule has 2 rings (SSSR count). The predicted octanol–water partition coefficient (Wildman–Crippen LogP) is 4.56. The van der Waals surface area contributed by atoms with Crippen LogP contribution >= 0.6 is 0 Å². The van der Waals surface area contributed by atoms with Crippen LogP contribution in [0.1, 0.15) is 11.1 Å². The lowest BCUT2D eigenvalue weighted by molar-refractivity contribution is -0.137. The largest absolute Gasteiger partial charge is 0.418 e. The van der Waals surface area contributed by atoms with Crippen molar-refractivity contribution in [1.82, 2.24) is 0 Å². The van der Waals surface area contributed by atoms with Gasteiger partial charge in [-0.2, -0.15) is 26.3 Å². The Morgan fingerprint density at radius 3 is 1.82 bits per heavy atom. The molecule has 0 aromatic heterocycles. The minimum Gasteiger partial charge on any atom is -0.397 e. The summed E-state index contributed by atoms with van der Waals surface area (Å²) in [7, 11) is 0. The highest BCUT2D eigenvalue weighted by Gasteiger charge is 2.36.